The number of aromatic nitrogens is 1. The number of anilines is 2. The van der Waals surface area contributed by atoms with Gasteiger partial charge in [0, 0.05) is 44.4 Å². The SMILES string of the molecule is O=C(Nc1ccccn1)C1CCN(c2ccc(S(=O)(=O)N3CCCCC3)cc2[N+](=O)[O-])CC1. The second-order valence-corrected chi connectivity index (χ2v) is 10.3. The Kier molecular flexibility index (Phi) is 6.89. The zero-order valence-corrected chi connectivity index (χ0v) is 19.0. The van der Waals surface area contributed by atoms with Crippen LogP contribution in [0.2, 0.25) is 0 Å². The molecule has 33 heavy (non-hydrogen) atoms. The molecule has 176 valence electrons. The molecule has 1 amide bonds. The lowest BCUT2D eigenvalue weighted by molar-refractivity contribution is -0.384. The summed E-state index contributed by atoms with van der Waals surface area (Å²) in [4.78, 5) is 29.7. The minimum absolute atomic E-state index is 0.0514. The Morgan fingerprint density at radius 1 is 1.06 bits per heavy atom. The van der Waals surface area contributed by atoms with Crippen molar-refractivity contribution < 1.29 is 18.1 Å². The molecule has 2 aliphatic rings. The van der Waals surface area contributed by atoms with Crippen LogP contribution in [-0.2, 0) is 14.8 Å². The molecule has 1 N–H and O–H groups in total. The molecule has 0 aliphatic carbocycles. The Bertz CT molecular complexity index is 1110. The molecular weight excluding hydrogens is 446 g/mol. The number of sulfonamides is 1. The van der Waals surface area contributed by atoms with Crippen LogP contribution in [0.15, 0.2) is 47.5 Å². The van der Waals surface area contributed by atoms with Crippen molar-refractivity contribution in [1.82, 2.24) is 9.29 Å². The van der Waals surface area contributed by atoms with E-state index in [1.807, 2.05) is 4.90 Å². The van der Waals surface area contributed by atoms with E-state index in [2.05, 4.69) is 10.3 Å². The number of piperidine rings is 2. The van der Waals surface area contributed by atoms with Crippen LogP contribution in [0.4, 0.5) is 17.2 Å². The first kappa shape index (κ1) is 23.1. The predicted molar refractivity (Wildman–Crippen MR) is 124 cm³/mol. The Labute approximate surface area is 192 Å². The van der Waals surface area contributed by atoms with Crippen molar-refractivity contribution >= 4 is 33.1 Å². The Morgan fingerprint density at radius 3 is 2.42 bits per heavy atom. The molecule has 0 atom stereocenters. The van der Waals surface area contributed by atoms with Gasteiger partial charge < -0.3 is 10.2 Å². The predicted octanol–water partition coefficient (Wildman–Crippen LogP) is 3.02. The second-order valence-electron chi connectivity index (χ2n) is 8.34. The number of carbonyl (C=O) groups excluding carboxylic acids is 1. The van der Waals surface area contributed by atoms with Crippen LogP contribution >= 0.6 is 0 Å². The fourth-order valence-electron chi connectivity index (χ4n) is 4.38. The molecule has 0 saturated carbocycles. The van der Waals surface area contributed by atoms with Gasteiger partial charge in [-0.25, -0.2) is 13.4 Å². The van der Waals surface area contributed by atoms with E-state index >= 15 is 0 Å². The summed E-state index contributed by atoms with van der Waals surface area (Å²) in [7, 11) is -3.76. The number of nitro benzene ring substituents is 1. The van der Waals surface area contributed by atoms with E-state index in [0.29, 0.717) is 50.5 Å². The first-order valence-electron chi connectivity index (χ1n) is 11.1. The van der Waals surface area contributed by atoms with E-state index in [0.717, 1.165) is 19.3 Å². The molecule has 1 aromatic heterocycles. The number of hydrogen-bond acceptors (Lipinski definition) is 7. The summed E-state index contributed by atoms with van der Waals surface area (Å²) >= 11 is 0. The molecule has 0 unspecified atom stereocenters. The van der Waals surface area contributed by atoms with E-state index in [9.17, 15) is 23.3 Å². The smallest absolute Gasteiger partial charge is 0.293 e. The molecule has 3 heterocycles. The van der Waals surface area contributed by atoms with Gasteiger partial charge in [-0.15, -0.1) is 0 Å². The zero-order chi connectivity index (χ0) is 23.4. The van der Waals surface area contributed by atoms with E-state index < -0.39 is 14.9 Å². The molecule has 0 radical (unpaired) electrons. The minimum atomic E-state index is -3.76. The summed E-state index contributed by atoms with van der Waals surface area (Å²) < 4.78 is 27.3. The number of nitro groups is 1. The van der Waals surface area contributed by atoms with Crippen LogP contribution in [0.5, 0.6) is 0 Å². The van der Waals surface area contributed by atoms with Crippen molar-refractivity contribution in [2.24, 2.45) is 5.92 Å². The highest BCUT2D eigenvalue weighted by molar-refractivity contribution is 7.89. The number of carbonyl (C=O) groups is 1. The van der Waals surface area contributed by atoms with Crippen molar-refractivity contribution in [2.45, 2.75) is 37.0 Å². The maximum atomic E-state index is 13.0. The van der Waals surface area contributed by atoms with Crippen LogP contribution in [0.3, 0.4) is 0 Å². The van der Waals surface area contributed by atoms with Crippen LogP contribution in [0, 0.1) is 16.0 Å². The monoisotopic (exact) mass is 473 g/mol. The molecule has 11 heteroatoms. The number of nitrogens with zero attached hydrogens (tertiary/aromatic N) is 4. The molecule has 4 rings (SSSR count). The quantitative estimate of drug-likeness (QED) is 0.505. The average Bonchev–Trinajstić information content (AvgIpc) is 2.85. The van der Waals surface area contributed by atoms with Gasteiger partial charge >= 0.3 is 0 Å². The summed E-state index contributed by atoms with van der Waals surface area (Å²) in [6, 6.07) is 9.41. The molecule has 0 bridgehead atoms. The lowest BCUT2D eigenvalue weighted by Crippen LogP contribution is -2.38. The lowest BCUT2D eigenvalue weighted by atomic mass is 9.95. The number of hydrogen-bond donors (Lipinski definition) is 1. The molecule has 2 saturated heterocycles. The highest BCUT2D eigenvalue weighted by atomic mass is 32.2. The van der Waals surface area contributed by atoms with E-state index in [1.54, 1.807) is 24.4 Å². The van der Waals surface area contributed by atoms with Crippen molar-refractivity contribution in [3.63, 3.8) is 0 Å². The van der Waals surface area contributed by atoms with Crippen molar-refractivity contribution in [3.8, 4) is 0 Å². The Morgan fingerprint density at radius 2 is 1.79 bits per heavy atom. The molecule has 2 aliphatic heterocycles. The average molecular weight is 474 g/mol. The van der Waals surface area contributed by atoms with Crippen LogP contribution in [0.25, 0.3) is 0 Å². The second kappa shape index (κ2) is 9.84. The van der Waals surface area contributed by atoms with Gasteiger partial charge in [0.15, 0.2) is 0 Å². The summed E-state index contributed by atoms with van der Waals surface area (Å²) in [5.74, 6) is 0.151. The fraction of sp³-hybridized carbons (Fsp3) is 0.455. The summed E-state index contributed by atoms with van der Waals surface area (Å²) in [5.41, 5.74) is 0.144. The molecular formula is C22H27N5O5S. The number of pyridine rings is 1. The van der Waals surface area contributed by atoms with Crippen molar-refractivity contribution in [1.29, 1.82) is 0 Å². The van der Waals surface area contributed by atoms with Crippen LogP contribution in [-0.4, -0.2) is 54.7 Å². The van der Waals surface area contributed by atoms with E-state index in [-0.39, 0.29) is 22.4 Å². The van der Waals surface area contributed by atoms with Crippen molar-refractivity contribution in [3.05, 3.63) is 52.7 Å². The third-order valence-electron chi connectivity index (χ3n) is 6.22. The number of benzene rings is 1. The van der Waals surface area contributed by atoms with Crippen LogP contribution in [0.1, 0.15) is 32.1 Å². The maximum absolute atomic E-state index is 13.0. The third kappa shape index (κ3) is 5.14. The number of rotatable bonds is 6. The van der Waals surface area contributed by atoms with Gasteiger partial charge in [-0.1, -0.05) is 12.5 Å². The summed E-state index contributed by atoms with van der Waals surface area (Å²) in [6.45, 7) is 1.79. The van der Waals surface area contributed by atoms with Crippen molar-refractivity contribution in [2.75, 3.05) is 36.4 Å². The number of nitrogens with one attached hydrogen (secondary N) is 1. The molecule has 1 aromatic carbocycles. The molecule has 2 aromatic rings. The van der Waals surface area contributed by atoms with Crippen LogP contribution < -0.4 is 10.2 Å². The highest BCUT2D eigenvalue weighted by Gasteiger charge is 2.32. The van der Waals surface area contributed by atoms with Gasteiger partial charge in [-0.2, -0.15) is 4.31 Å². The highest BCUT2D eigenvalue weighted by Crippen LogP contribution is 2.34. The summed E-state index contributed by atoms with van der Waals surface area (Å²) in [5, 5.41) is 14.6. The van der Waals surface area contributed by atoms with Gasteiger partial charge in [0.2, 0.25) is 15.9 Å². The normalized spacial score (nSPS) is 18.1. The first-order chi connectivity index (χ1) is 15.9. The standard InChI is InChI=1S/C22H27N5O5S/c28-22(24-21-6-2-3-11-23-21)17-9-14-25(15-10-17)19-8-7-18(16-20(19)27(29)30)33(31,32)26-12-4-1-5-13-26/h2-3,6-8,11,16-17H,1,4-5,9-10,12-15H2,(H,23,24,28). The number of amides is 1. The molecule has 0 spiro atoms. The topological polar surface area (TPSA) is 126 Å². The molecule has 10 nitrogen and oxygen atoms in total. The maximum Gasteiger partial charge on any atom is 0.293 e. The van der Waals surface area contributed by atoms with Gasteiger partial charge in [-0.3, -0.25) is 14.9 Å². The van der Waals surface area contributed by atoms with E-state index in [4.69, 9.17) is 0 Å². The summed E-state index contributed by atoms with van der Waals surface area (Å²) in [6.07, 6.45) is 5.24. The van der Waals surface area contributed by atoms with Gasteiger partial charge in [0.05, 0.1) is 9.82 Å². The fourth-order valence-corrected chi connectivity index (χ4v) is 5.92. The lowest BCUT2D eigenvalue weighted by Gasteiger charge is -2.32. The van der Waals surface area contributed by atoms with Gasteiger partial charge in [0.1, 0.15) is 11.5 Å². The van der Waals surface area contributed by atoms with Gasteiger partial charge in [-0.05, 0) is 49.9 Å². The minimum Gasteiger partial charge on any atom is -0.366 e. The Hall–Kier alpha value is -3.05. The van der Waals surface area contributed by atoms with Gasteiger partial charge in [0.25, 0.3) is 5.69 Å². The Balaban J connectivity index is 1.47. The zero-order valence-electron chi connectivity index (χ0n) is 18.2. The largest absolute Gasteiger partial charge is 0.366 e. The van der Waals surface area contributed by atoms with E-state index in [1.165, 1.54) is 22.5 Å². The first-order valence-corrected chi connectivity index (χ1v) is 12.6. The molecule has 2 fully saturated rings. The third-order valence-corrected chi connectivity index (χ3v) is 8.11.